The molecule has 2 unspecified atom stereocenters. The smallest absolute Gasteiger partial charge is 0.227 e. The topological polar surface area (TPSA) is 33.2 Å². The third kappa shape index (κ3) is 2.89. The fourth-order valence-corrected chi connectivity index (χ4v) is 2.99. The first-order valence-electron chi connectivity index (χ1n) is 8.00. The van der Waals surface area contributed by atoms with Crippen molar-refractivity contribution in [3.63, 3.8) is 0 Å². The number of hydrogen-bond acceptors (Lipinski definition) is 2. The molecule has 2 aromatic rings. The average Bonchev–Trinajstić information content (AvgIpc) is 2.97. The largest absolute Gasteiger partial charge is 0.312 e. The fraction of sp³-hybridized carbons (Fsp3) is 0.368. The van der Waals surface area contributed by atoms with Crippen LogP contribution in [0.2, 0.25) is 0 Å². The van der Waals surface area contributed by atoms with Gasteiger partial charge in [-0.15, -0.1) is 0 Å². The number of aromatic nitrogens is 1. The van der Waals surface area contributed by atoms with Crippen LogP contribution >= 0.6 is 0 Å². The van der Waals surface area contributed by atoms with Gasteiger partial charge in [0.05, 0.1) is 0 Å². The van der Waals surface area contributed by atoms with E-state index in [9.17, 15) is 4.79 Å². The summed E-state index contributed by atoms with van der Waals surface area (Å²) in [6.45, 7) is 5.09. The molecule has 2 atom stereocenters. The van der Waals surface area contributed by atoms with E-state index in [4.69, 9.17) is 0 Å². The molecule has 1 amide bonds. The number of carbonyl (C=O) groups excluding carboxylic acids is 1. The minimum Gasteiger partial charge on any atom is -0.312 e. The van der Waals surface area contributed by atoms with Gasteiger partial charge in [0.25, 0.3) is 0 Å². The van der Waals surface area contributed by atoms with E-state index in [0.717, 1.165) is 24.3 Å². The molecular formula is C19H22N2O. The summed E-state index contributed by atoms with van der Waals surface area (Å²) in [4.78, 5) is 18.8. The van der Waals surface area contributed by atoms with Crippen LogP contribution in [0.1, 0.15) is 49.8 Å². The van der Waals surface area contributed by atoms with Crippen molar-refractivity contribution in [3.8, 4) is 0 Å². The number of hydrogen-bond donors (Lipinski definition) is 0. The molecule has 1 aliphatic heterocycles. The van der Waals surface area contributed by atoms with Crippen LogP contribution in [-0.2, 0) is 4.79 Å². The highest BCUT2D eigenvalue weighted by Gasteiger charge is 2.31. The minimum absolute atomic E-state index is 0.204. The molecule has 114 valence electrons. The Hall–Kier alpha value is -2.16. The van der Waals surface area contributed by atoms with Crippen molar-refractivity contribution in [2.24, 2.45) is 0 Å². The van der Waals surface area contributed by atoms with E-state index in [1.54, 1.807) is 0 Å². The lowest BCUT2D eigenvalue weighted by molar-refractivity contribution is -0.117. The summed E-state index contributed by atoms with van der Waals surface area (Å²) in [5, 5.41) is 0. The number of nitrogens with zero attached hydrogens (tertiary/aromatic N) is 2. The molecule has 3 nitrogen and oxygen atoms in total. The molecule has 22 heavy (non-hydrogen) atoms. The zero-order valence-corrected chi connectivity index (χ0v) is 13.2. The molecule has 1 aliphatic rings. The zero-order valence-electron chi connectivity index (χ0n) is 13.2. The molecule has 0 radical (unpaired) electrons. The third-order valence-corrected chi connectivity index (χ3v) is 4.59. The van der Waals surface area contributed by atoms with Crippen LogP contribution in [0, 0.1) is 0 Å². The second kappa shape index (κ2) is 6.30. The molecule has 0 spiro atoms. The van der Waals surface area contributed by atoms with Crippen LogP contribution in [0.3, 0.4) is 0 Å². The van der Waals surface area contributed by atoms with Crippen LogP contribution in [0.25, 0.3) is 0 Å². The van der Waals surface area contributed by atoms with Crippen molar-refractivity contribution in [2.75, 3.05) is 11.4 Å². The van der Waals surface area contributed by atoms with E-state index in [1.807, 2.05) is 35.4 Å². The van der Waals surface area contributed by atoms with Crippen molar-refractivity contribution in [3.05, 3.63) is 59.9 Å². The van der Waals surface area contributed by atoms with Crippen molar-refractivity contribution < 1.29 is 4.79 Å². The van der Waals surface area contributed by atoms with E-state index >= 15 is 0 Å². The van der Waals surface area contributed by atoms with Gasteiger partial charge < -0.3 is 4.90 Å². The van der Waals surface area contributed by atoms with Gasteiger partial charge in [0.15, 0.2) is 0 Å². The summed E-state index contributed by atoms with van der Waals surface area (Å²) in [5.74, 6) is 0.909. The van der Waals surface area contributed by atoms with Crippen molar-refractivity contribution in [2.45, 2.75) is 38.5 Å². The van der Waals surface area contributed by atoms with Crippen molar-refractivity contribution in [1.82, 2.24) is 4.98 Å². The number of rotatable bonds is 4. The number of pyridine rings is 1. The molecule has 1 fully saturated rings. The number of amides is 1. The Bertz CT molecular complexity index is 653. The van der Waals surface area contributed by atoms with Gasteiger partial charge in [-0.25, -0.2) is 0 Å². The van der Waals surface area contributed by atoms with Gasteiger partial charge in [0.2, 0.25) is 5.91 Å². The lowest BCUT2D eigenvalue weighted by atomic mass is 9.98. The molecular weight excluding hydrogens is 272 g/mol. The number of benzene rings is 1. The minimum atomic E-state index is 0.204. The second-order valence-electron chi connectivity index (χ2n) is 6.06. The third-order valence-electron chi connectivity index (χ3n) is 4.59. The van der Waals surface area contributed by atoms with Gasteiger partial charge in [0.1, 0.15) is 0 Å². The summed E-state index contributed by atoms with van der Waals surface area (Å²) in [5.41, 5.74) is 3.29. The van der Waals surface area contributed by atoms with Gasteiger partial charge in [0, 0.05) is 36.5 Å². The maximum Gasteiger partial charge on any atom is 0.227 e. The Morgan fingerprint density at radius 2 is 2.05 bits per heavy atom. The predicted octanol–water partition coefficient (Wildman–Crippen LogP) is 4.12. The first kappa shape index (κ1) is 14.8. The predicted molar refractivity (Wildman–Crippen MR) is 89.1 cm³/mol. The fourth-order valence-electron chi connectivity index (χ4n) is 2.99. The first-order valence-corrected chi connectivity index (χ1v) is 8.00. The maximum atomic E-state index is 12.4. The van der Waals surface area contributed by atoms with Crippen LogP contribution in [-0.4, -0.2) is 17.4 Å². The van der Waals surface area contributed by atoms with E-state index in [1.165, 1.54) is 5.56 Å². The van der Waals surface area contributed by atoms with Crippen LogP contribution in [0.5, 0.6) is 0 Å². The molecule has 0 bridgehead atoms. The Balaban J connectivity index is 1.82. The zero-order chi connectivity index (χ0) is 15.5. The molecule has 1 saturated heterocycles. The Kier molecular flexibility index (Phi) is 4.23. The molecule has 0 N–H and O–H groups in total. The lowest BCUT2D eigenvalue weighted by Gasteiger charge is -2.18. The summed E-state index contributed by atoms with van der Waals surface area (Å²) in [7, 11) is 0. The van der Waals surface area contributed by atoms with Gasteiger partial charge in [-0.05, 0) is 30.0 Å². The van der Waals surface area contributed by atoms with E-state index in [2.05, 4.69) is 37.0 Å². The quantitative estimate of drug-likeness (QED) is 0.850. The average molecular weight is 294 g/mol. The van der Waals surface area contributed by atoms with Crippen LogP contribution in [0.4, 0.5) is 5.69 Å². The first-order chi connectivity index (χ1) is 10.7. The Morgan fingerprint density at radius 3 is 2.77 bits per heavy atom. The highest BCUT2D eigenvalue weighted by molar-refractivity contribution is 5.96. The maximum absolute atomic E-state index is 12.4. The van der Waals surface area contributed by atoms with E-state index in [-0.39, 0.29) is 11.8 Å². The van der Waals surface area contributed by atoms with Gasteiger partial charge in [-0.2, -0.15) is 0 Å². The molecule has 1 aromatic heterocycles. The molecule has 0 saturated carbocycles. The molecule has 1 aromatic carbocycles. The SMILES string of the molecule is CCC(C)c1cc(N2CC(c3ccccc3)CC2=O)ccn1. The Morgan fingerprint density at radius 1 is 1.27 bits per heavy atom. The van der Waals surface area contributed by atoms with Gasteiger partial charge in [-0.1, -0.05) is 44.2 Å². The molecule has 0 aliphatic carbocycles. The summed E-state index contributed by atoms with van der Waals surface area (Å²) in [6.07, 6.45) is 3.46. The van der Waals surface area contributed by atoms with Gasteiger partial charge in [-0.3, -0.25) is 9.78 Å². The van der Waals surface area contributed by atoms with Gasteiger partial charge >= 0.3 is 0 Å². The lowest BCUT2D eigenvalue weighted by Crippen LogP contribution is -2.24. The van der Waals surface area contributed by atoms with Crippen LogP contribution < -0.4 is 4.90 Å². The summed E-state index contributed by atoms with van der Waals surface area (Å²) < 4.78 is 0. The van der Waals surface area contributed by atoms with Crippen LogP contribution in [0.15, 0.2) is 48.7 Å². The van der Waals surface area contributed by atoms with Crippen molar-refractivity contribution in [1.29, 1.82) is 0 Å². The molecule has 2 heterocycles. The number of carbonyl (C=O) groups is 1. The normalized spacial score (nSPS) is 19.5. The second-order valence-corrected chi connectivity index (χ2v) is 6.06. The highest BCUT2D eigenvalue weighted by Crippen LogP contribution is 2.32. The van der Waals surface area contributed by atoms with Crippen molar-refractivity contribution >= 4 is 11.6 Å². The summed E-state index contributed by atoms with van der Waals surface area (Å²) in [6, 6.07) is 14.3. The molecule has 3 heteroatoms. The monoisotopic (exact) mass is 294 g/mol. The Labute approximate surface area is 132 Å². The standard InChI is InChI=1S/C19H22N2O/c1-3-14(2)18-12-17(9-10-20-18)21-13-16(11-19(21)22)15-7-5-4-6-8-15/h4-10,12,14,16H,3,11,13H2,1-2H3. The highest BCUT2D eigenvalue weighted by atomic mass is 16.2. The summed E-state index contributed by atoms with van der Waals surface area (Å²) >= 11 is 0. The van der Waals surface area contributed by atoms with E-state index in [0.29, 0.717) is 12.3 Å². The number of anilines is 1. The molecule has 3 rings (SSSR count). The van der Waals surface area contributed by atoms with E-state index < -0.39 is 0 Å².